The fourth-order valence-electron chi connectivity index (χ4n) is 3.63. The molecule has 0 spiro atoms. The summed E-state index contributed by atoms with van der Waals surface area (Å²) in [5.41, 5.74) is 6.41. The topological polar surface area (TPSA) is 108 Å². The molecular formula is C17H23N3O5. The molecule has 1 aromatic rings. The van der Waals surface area contributed by atoms with Gasteiger partial charge in [-0.25, -0.2) is 0 Å². The lowest BCUT2D eigenvalue weighted by atomic mass is 9.90. The molecule has 2 aliphatic rings. The number of nitrogens with zero attached hydrogens (tertiary/aromatic N) is 2. The van der Waals surface area contributed by atoms with Crippen molar-refractivity contribution in [3.63, 3.8) is 0 Å². The smallest absolute Gasteiger partial charge is 0.293 e. The molecule has 0 bridgehead atoms. The van der Waals surface area contributed by atoms with Crippen LogP contribution in [0.3, 0.4) is 0 Å². The van der Waals surface area contributed by atoms with Crippen molar-refractivity contribution < 1.29 is 19.2 Å². The Bertz CT molecular complexity index is 700. The van der Waals surface area contributed by atoms with Crippen LogP contribution in [0.2, 0.25) is 0 Å². The van der Waals surface area contributed by atoms with Crippen molar-refractivity contribution in [2.45, 2.75) is 32.5 Å². The number of aryl methyl sites for hydroxylation is 1. The van der Waals surface area contributed by atoms with Crippen LogP contribution in [0.1, 0.15) is 35.7 Å². The van der Waals surface area contributed by atoms with Gasteiger partial charge in [-0.3, -0.25) is 14.9 Å². The van der Waals surface area contributed by atoms with Crippen molar-refractivity contribution in [3.05, 3.63) is 33.4 Å². The molecule has 2 N–H and O–H groups in total. The molecule has 1 amide bonds. The van der Waals surface area contributed by atoms with Gasteiger partial charge in [0.25, 0.3) is 11.6 Å². The number of hydrogen-bond acceptors (Lipinski definition) is 6. The maximum absolute atomic E-state index is 13.0. The molecule has 0 saturated carbocycles. The SMILES string of the molecule is Cc1cc(C(=O)N2CCC[C@@H](C3(C)OCCO3)C2)c(N)c([N+](=O)[O-])c1. The van der Waals surface area contributed by atoms with Gasteiger partial charge in [0.15, 0.2) is 5.79 Å². The van der Waals surface area contributed by atoms with E-state index in [-0.39, 0.29) is 28.8 Å². The Morgan fingerprint density at radius 3 is 2.72 bits per heavy atom. The number of hydrogen-bond donors (Lipinski definition) is 1. The number of nitrogen functional groups attached to an aromatic ring is 1. The van der Waals surface area contributed by atoms with E-state index in [9.17, 15) is 14.9 Å². The van der Waals surface area contributed by atoms with E-state index in [4.69, 9.17) is 15.2 Å². The van der Waals surface area contributed by atoms with Crippen LogP contribution in [-0.4, -0.2) is 47.8 Å². The number of amides is 1. The lowest BCUT2D eigenvalue weighted by molar-refractivity contribution is -0.384. The third-order valence-electron chi connectivity index (χ3n) is 5.04. The van der Waals surface area contributed by atoms with E-state index in [1.807, 2.05) is 6.92 Å². The Kier molecular flexibility index (Phi) is 4.66. The van der Waals surface area contributed by atoms with Crippen LogP contribution in [0.15, 0.2) is 12.1 Å². The fourth-order valence-corrected chi connectivity index (χ4v) is 3.63. The molecule has 2 heterocycles. The van der Waals surface area contributed by atoms with E-state index in [1.165, 1.54) is 6.07 Å². The van der Waals surface area contributed by atoms with Gasteiger partial charge in [0.05, 0.1) is 23.7 Å². The highest BCUT2D eigenvalue weighted by atomic mass is 16.7. The molecule has 2 aliphatic heterocycles. The maximum atomic E-state index is 13.0. The monoisotopic (exact) mass is 349 g/mol. The van der Waals surface area contributed by atoms with Gasteiger partial charge in [0.1, 0.15) is 5.69 Å². The van der Waals surface area contributed by atoms with E-state index < -0.39 is 10.7 Å². The minimum Gasteiger partial charge on any atom is -0.393 e. The molecule has 2 fully saturated rings. The van der Waals surface area contributed by atoms with Crippen molar-refractivity contribution in [3.8, 4) is 0 Å². The number of carbonyl (C=O) groups is 1. The molecule has 0 radical (unpaired) electrons. The zero-order chi connectivity index (χ0) is 18.2. The largest absolute Gasteiger partial charge is 0.393 e. The van der Waals surface area contributed by atoms with E-state index in [0.717, 1.165) is 12.8 Å². The van der Waals surface area contributed by atoms with Crippen LogP contribution in [-0.2, 0) is 9.47 Å². The summed E-state index contributed by atoms with van der Waals surface area (Å²) in [5.74, 6) is -0.896. The Balaban J connectivity index is 1.84. The Morgan fingerprint density at radius 2 is 2.08 bits per heavy atom. The highest BCUT2D eigenvalue weighted by molar-refractivity contribution is 6.01. The second-order valence-corrected chi connectivity index (χ2v) is 6.81. The molecule has 2 saturated heterocycles. The lowest BCUT2D eigenvalue weighted by Gasteiger charge is -2.40. The Morgan fingerprint density at radius 1 is 1.40 bits per heavy atom. The van der Waals surface area contributed by atoms with Gasteiger partial charge < -0.3 is 20.1 Å². The minimum atomic E-state index is -0.677. The number of piperidine rings is 1. The summed E-state index contributed by atoms with van der Waals surface area (Å²) in [6.07, 6.45) is 1.73. The Hall–Kier alpha value is -2.19. The first kappa shape index (κ1) is 17.6. The number of anilines is 1. The van der Waals surface area contributed by atoms with Crippen molar-refractivity contribution in [1.29, 1.82) is 0 Å². The zero-order valence-corrected chi connectivity index (χ0v) is 14.5. The quantitative estimate of drug-likeness (QED) is 0.508. The Labute approximate surface area is 146 Å². The van der Waals surface area contributed by atoms with Crippen LogP contribution in [0, 0.1) is 23.0 Å². The molecule has 8 nitrogen and oxygen atoms in total. The molecule has 3 rings (SSSR count). The van der Waals surface area contributed by atoms with E-state index in [0.29, 0.717) is 31.9 Å². The number of nitro benzene ring substituents is 1. The first-order valence-corrected chi connectivity index (χ1v) is 8.43. The van der Waals surface area contributed by atoms with E-state index >= 15 is 0 Å². The highest BCUT2D eigenvalue weighted by Crippen LogP contribution is 2.35. The normalized spacial score (nSPS) is 22.8. The first-order chi connectivity index (χ1) is 11.8. The number of nitrogens with two attached hydrogens (primary N) is 1. The van der Waals surface area contributed by atoms with Gasteiger partial charge in [0.2, 0.25) is 0 Å². The van der Waals surface area contributed by atoms with Crippen LogP contribution in [0.25, 0.3) is 0 Å². The predicted molar refractivity (Wildman–Crippen MR) is 91.2 cm³/mol. The zero-order valence-electron chi connectivity index (χ0n) is 14.5. The molecule has 136 valence electrons. The third-order valence-corrected chi connectivity index (χ3v) is 5.04. The molecular weight excluding hydrogens is 326 g/mol. The standard InChI is InChI=1S/C17H23N3O5/c1-11-8-13(15(18)14(9-11)20(22)23)16(21)19-5-3-4-12(10-19)17(2)24-6-7-25-17/h8-9,12H,3-7,10,18H2,1-2H3/t12-/m1/s1. The lowest BCUT2D eigenvalue weighted by Crippen LogP contribution is -2.48. The second-order valence-electron chi connectivity index (χ2n) is 6.81. The van der Waals surface area contributed by atoms with Gasteiger partial charge in [-0.15, -0.1) is 0 Å². The van der Waals surface area contributed by atoms with Crippen molar-refractivity contribution >= 4 is 17.3 Å². The summed E-state index contributed by atoms with van der Waals surface area (Å²) in [6, 6.07) is 2.99. The summed E-state index contributed by atoms with van der Waals surface area (Å²) in [4.78, 5) is 25.3. The number of rotatable bonds is 3. The summed E-state index contributed by atoms with van der Waals surface area (Å²) >= 11 is 0. The molecule has 8 heteroatoms. The average Bonchev–Trinajstić information content (AvgIpc) is 3.04. The number of carbonyl (C=O) groups excluding carboxylic acids is 1. The number of ether oxygens (including phenoxy) is 2. The molecule has 0 aliphatic carbocycles. The van der Waals surface area contributed by atoms with Crippen molar-refractivity contribution in [1.82, 2.24) is 4.90 Å². The van der Waals surface area contributed by atoms with Crippen LogP contribution in [0.4, 0.5) is 11.4 Å². The molecule has 25 heavy (non-hydrogen) atoms. The average molecular weight is 349 g/mol. The highest BCUT2D eigenvalue weighted by Gasteiger charge is 2.43. The van der Waals surface area contributed by atoms with Crippen LogP contribution < -0.4 is 5.73 Å². The van der Waals surface area contributed by atoms with Crippen molar-refractivity contribution in [2.24, 2.45) is 5.92 Å². The molecule has 0 aromatic heterocycles. The predicted octanol–water partition coefficient (Wildman–Crippen LogP) is 2.10. The second kappa shape index (κ2) is 6.61. The maximum Gasteiger partial charge on any atom is 0.293 e. The van der Waals surface area contributed by atoms with Gasteiger partial charge in [0, 0.05) is 25.1 Å². The summed E-state index contributed by atoms with van der Waals surface area (Å²) in [6.45, 7) is 5.80. The number of nitro groups is 1. The van der Waals surface area contributed by atoms with Gasteiger partial charge in [-0.1, -0.05) is 0 Å². The summed E-state index contributed by atoms with van der Waals surface area (Å²) in [7, 11) is 0. The first-order valence-electron chi connectivity index (χ1n) is 8.43. The number of likely N-dealkylation sites (tertiary alicyclic amines) is 1. The van der Waals surface area contributed by atoms with Crippen LogP contribution >= 0.6 is 0 Å². The van der Waals surface area contributed by atoms with E-state index in [1.54, 1.807) is 17.9 Å². The van der Waals surface area contributed by atoms with Gasteiger partial charge in [-0.2, -0.15) is 0 Å². The van der Waals surface area contributed by atoms with Crippen LogP contribution in [0.5, 0.6) is 0 Å². The fraction of sp³-hybridized carbons (Fsp3) is 0.588. The minimum absolute atomic E-state index is 0.0636. The summed E-state index contributed by atoms with van der Waals surface area (Å²) in [5, 5.41) is 11.2. The van der Waals surface area contributed by atoms with Gasteiger partial charge in [-0.05, 0) is 38.3 Å². The van der Waals surface area contributed by atoms with Crippen molar-refractivity contribution in [2.75, 3.05) is 32.0 Å². The van der Waals surface area contributed by atoms with E-state index in [2.05, 4.69) is 0 Å². The third kappa shape index (κ3) is 3.32. The number of benzene rings is 1. The van der Waals surface area contributed by atoms with Gasteiger partial charge >= 0.3 is 0 Å². The summed E-state index contributed by atoms with van der Waals surface area (Å²) < 4.78 is 11.5. The molecule has 1 atom stereocenters. The molecule has 1 aromatic carbocycles. The molecule has 0 unspecified atom stereocenters.